The average molecular weight is 428 g/mol. The molecule has 2 atom stereocenters. The number of morpholine rings is 1. The number of hydrogen-bond donors (Lipinski definition) is 2. The summed E-state index contributed by atoms with van der Waals surface area (Å²) in [6.07, 6.45) is 8.58. The van der Waals surface area contributed by atoms with Crippen LogP contribution in [0.15, 0.2) is 42.6 Å². The molecule has 1 fully saturated rings. The molecule has 2 unspecified atom stereocenters. The summed E-state index contributed by atoms with van der Waals surface area (Å²) in [5.41, 5.74) is 5.30. The van der Waals surface area contributed by atoms with Crippen molar-refractivity contribution in [1.29, 1.82) is 0 Å². The van der Waals surface area contributed by atoms with E-state index in [1.54, 1.807) is 0 Å². The van der Waals surface area contributed by atoms with Crippen LogP contribution in [0.2, 0.25) is 0 Å². The number of fused-ring (bicyclic) bond motifs is 1. The molecule has 0 spiro atoms. The Morgan fingerprint density at radius 3 is 2.35 bits per heavy atom. The molecule has 8 nitrogen and oxygen atoms in total. The second kappa shape index (κ2) is 10.4. The van der Waals surface area contributed by atoms with E-state index in [1.807, 2.05) is 0 Å². The van der Waals surface area contributed by atoms with Crippen molar-refractivity contribution in [2.45, 2.75) is 45.3 Å². The Balaban J connectivity index is 0.000000401. The first-order valence-corrected chi connectivity index (χ1v) is 10.5. The standard InChI is InChI=1S/C21H27N3O.C2H2O4/c1-16-14-23(15-17(2)25-16)12-11-18-7-6-10-21-20(18)13-22-24(21)19-8-4-3-5-9-19;3-1(4)2(5)6/h3-5,8-9,11,13,16-17H,6-7,10,12,14-15H2,1-2H3;(H,3,4)(H,5,6). The first-order chi connectivity index (χ1) is 14.8. The first-order valence-electron chi connectivity index (χ1n) is 10.5. The molecule has 1 aliphatic heterocycles. The number of carboxylic acids is 2. The van der Waals surface area contributed by atoms with Gasteiger partial charge in [-0.25, -0.2) is 14.3 Å². The lowest BCUT2D eigenvalue weighted by Gasteiger charge is -2.34. The number of nitrogens with zero attached hydrogens (tertiary/aromatic N) is 3. The smallest absolute Gasteiger partial charge is 0.414 e. The van der Waals surface area contributed by atoms with Crippen molar-refractivity contribution >= 4 is 17.5 Å². The highest BCUT2D eigenvalue weighted by molar-refractivity contribution is 6.27. The van der Waals surface area contributed by atoms with E-state index >= 15 is 0 Å². The number of para-hydroxylation sites is 1. The highest BCUT2D eigenvalue weighted by atomic mass is 16.5. The minimum Gasteiger partial charge on any atom is -0.473 e. The van der Waals surface area contributed by atoms with E-state index in [0.29, 0.717) is 12.2 Å². The fourth-order valence-electron chi connectivity index (χ4n) is 4.14. The summed E-state index contributed by atoms with van der Waals surface area (Å²) in [6, 6.07) is 10.5. The zero-order chi connectivity index (χ0) is 22.4. The number of rotatable bonds is 3. The highest BCUT2D eigenvalue weighted by Crippen LogP contribution is 2.32. The maximum atomic E-state index is 9.10. The Kier molecular flexibility index (Phi) is 7.59. The van der Waals surface area contributed by atoms with Crippen molar-refractivity contribution in [2.75, 3.05) is 19.6 Å². The molecular weight excluding hydrogens is 398 g/mol. The monoisotopic (exact) mass is 427 g/mol. The summed E-state index contributed by atoms with van der Waals surface area (Å²) in [4.78, 5) is 20.7. The molecule has 1 aliphatic carbocycles. The summed E-state index contributed by atoms with van der Waals surface area (Å²) in [7, 11) is 0. The third-order valence-corrected chi connectivity index (χ3v) is 5.35. The lowest BCUT2D eigenvalue weighted by molar-refractivity contribution is -0.159. The predicted octanol–water partition coefficient (Wildman–Crippen LogP) is 2.86. The Morgan fingerprint density at radius 1 is 1.10 bits per heavy atom. The second-order valence-corrected chi connectivity index (χ2v) is 7.92. The van der Waals surface area contributed by atoms with Gasteiger partial charge in [-0.15, -0.1) is 0 Å². The van der Waals surface area contributed by atoms with Crippen molar-refractivity contribution in [3.05, 3.63) is 53.9 Å². The molecule has 0 amide bonds. The normalized spacial score (nSPS) is 22.3. The lowest BCUT2D eigenvalue weighted by Crippen LogP contribution is -2.45. The maximum Gasteiger partial charge on any atom is 0.414 e. The van der Waals surface area contributed by atoms with Gasteiger partial charge in [0.15, 0.2) is 0 Å². The Bertz CT molecular complexity index is 916. The van der Waals surface area contributed by atoms with Gasteiger partial charge in [0.1, 0.15) is 0 Å². The number of allylic oxidation sites excluding steroid dienone is 1. The van der Waals surface area contributed by atoms with Crippen LogP contribution in [-0.2, 0) is 20.7 Å². The van der Waals surface area contributed by atoms with E-state index in [1.165, 1.54) is 23.3 Å². The molecule has 8 heteroatoms. The molecule has 1 saturated heterocycles. The molecule has 0 saturated carbocycles. The van der Waals surface area contributed by atoms with Gasteiger partial charge in [0.05, 0.1) is 29.8 Å². The molecule has 1 aromatic heterocycles. The number of carbonyl (C=O) groups is 2. The Hall–Kier alpha value is -2.97. The third-order valence-electron chi connectivity index (χ3n) is 5.35. The van der Waals surface area contributed by atoms with Gasteiger partial charge in [-0.3, -0.25) is 4.90 Å². The number of aromatic nitrogens is 2. The molecule has 166 valence electrons. The Labute approximate surface area is 181 Å². The Morgan fingerprint density at radius 2 is 1.74 bits per heavy atom. The minimum atomic E-state index is -1.82. The van der Waals surface area contributed by atoms with Gasteiger partial charge in [0.25, 0.3) is 0 Å². The summed E-state index contributed by atoms with van der Waals surface area (Å²) in [5.74, 6) is -3.65. The molecule has 2 N–H and O–H groups in total. The van der Waals surface area contributed by atoms with Crippen molar-refractivity contribution in [3.8, 4) is 5.69 Å². The summed E-state index contributed by atoms with van der Waals surface area (Å²) >= 11 is 0. The van der Waals surface area contributed by atoms with Crippen molar-refractivity contribution in [1.82, 2.24) is 14.7 Å². The van der Waals surface area contributed by atoms with Crippen molar-refractivity contribution < 1.29 is 24.5 Å². The largest absolute Gasteiger partial charge is 0.473 e. The van der Waals surface area contributed by atoms with Gasteiger partial charge >= 0.3 is 11.9 Å². The maximum absolute atomic E-state index is 9.10. The molecule has 2 aliphatic rings. The number of benzene rings is 1. The fourth-order valence-corrected chi connectivity index (χ4v) is 4.14. The quantitative estimate of drug-likeness (QED) is 0.726. The minimum absolute atomic E-state index is 0.324. The van der Waals surface area contributed by atoms with Crippen LogP contribution in [0.1, 0.15) is 37.9 Å². The molecule has 0 radical (unpaired) electrons. The predicted molar refractivity (Wildman–Crippen MR) is 116 cm³/mol. The lowest BCUT2D eigenvalue weighted by atomic mass is 9.92. The van der Waals surface area contributed by atoms with E-state index in [2.05, 4.69) is 71.1 Å². The van der Waals surface area contributed by atoms with Crippen molar-refractivity contribution in [2.24, 2.45) is 0 Å². The van der Waals surface area contributed by atoms with Crippen LogP contribution in [-0.4, -0.2) is 68.7 Å². The fraction of sp³-hybridized carbons (Fsp3) is 0.435. The molecule has 0 bridgehead atoms. The van der Waals surface area contributed by atoms with Crippen LogP contribution in [0.5, 0.6) is 0 Å². The summed E-state index contributed by atoms with van der Waals surface area (Å²) < 4.78 is 7.95. The van der Waals surface area contributed by atoms with E-state index in [0.717, 1.165) is 38.2 Å². The molecule has 2 heterocycles. The van der Waals surface area contributed by atoms with Crippen LogP contribution < -0.4 is 0 Å². The molecule has 1 aromatic carbocycles. The highest BCUT2D eigenvalue weighted by Gasteiger charge is 2.23. The SMILES string of the molecule is CC1CN(CC=C2CCCc3c2cnn3-c2ccccc2)CC(C)O1.O=C(O)C(=O)O. The van der Waals surface area contributed by atoms with Gasteiger partial charge in [0.2, 0.25) is 0 Å². The zero-order valence-electron chi connectivity index (χ0n) is 17.9. The van der Waals surface area contributed by atoms with Gasteiger partial charge < -0.3 is 14.9 Å². The topological polar surface area (TPSA) is 105 Å². The van der Waals surface area contributed by atoms with Crippen LogP contribution in [0.3, 0.4) is 0 Å². The average Bonchev–Trinajstić information content (AvgIpc) is 3.17. The van der Waals surface area contributed by atoms with Crippen molar-refractivity contribution in [3.63, 3.8) is 0 Å². The van der Waals surface area contributed by atoms with Gasteiger partial charge in [-0.1, -0.05) is 24.3 Å². The third kappa shape index (κ3) is 6.02. The first kappa shape index (κ1) is 22.7. The summed E-state index contributed by atoms with van der Waals surface area (Å²) in [6.45, 7) is 7.37. The van der Waals surface area contributed by atoms with Gasteiger partial charge in [-0.05, 0) is 50.8 Å². The van der Waals surface area contributed by atoms with E-state index < -0.39 is 11.9 Å². The van der Waals surface area contributed by atoms with E-state index in [-0.39, 0.29) is 0 Å². The van der Waals surface area contributed by atoms with Crippen LogP contribution in [0.4, 0.5) is 0 Å². The molecule has 2 aromatic rings. The zero-order valence-corrected chi connectivity index (χ0v) is 17.9. The van der Waals surface area contributed by atoms with E-state index in [4.69, 9.17) is 24.5 Å². The number of hydrogen-bond acceptors (Lipinski definition) is 5. The molecule has 4 rings (SSSR count). The van der Waals surface area contributed by atoms with Crippen LogP contribution in [0, 0.1) is 0 Å². The second-order valence-electron chi connectivity index (χ2n) is 7.92. The van der Waals surface area contributed by atoms with Crippen LogP contribution in [0.25, 0.3) is 11.3 Å². The van der Waals surface area contributed by atoms with E-state index in [9.17, 15) is 0 Å². The molecule has 31 heavy (non-hydrogen) atoms. The number of carboxylic acid groups (broad SMARTS) is 2. The number of aliphatic carboxylic acids is 2. The number of ether oxygens (including phenoxy) is 1. The summed E-state index contributed by atoms with van der Waals surface area (Å²) in [5, 5.41) is 19.5. The van der Waals surface area contributed by atoms with Gasteiger partial charge in [-0.2, -0.15) is 5.10 Å². The van der Waals surface area contributed by atoms with Crippen LogP contribution >= 0.6 is 0 Å². The molecular formula is C23H29N3O5. The van der Waals surface area contributed by atoms with Gasteiger partial charge in [0, 0.05) is 25.2 Å².